The first-order chi connectivity index (χ1) is 8.66. The number of aromatic amines is 1. The van der Waals surface area contributed by atoms with Gasteiger partial charge in [-0.05, 0) is 12.1 Å². The van der Waals surface area contributed by atoms with Crippen molar-refractivity contribution in [3.05, 3.63) is 58.4 Å². The minimum atomic E-state index is -0.775. The van der Waals surface area contributed by atoms with Crippen LogP contribution in [0.3, 0.4) is 0 Å². The van der Waals surface area contributed by atoms with Gasteiger partial charge in [0.2, 0.25) is 0 Å². The van der Waals surface area contributed by atoms with E-state index in [1.165, 1.54) is 0 Å². The summed E-state index contributed by atoms with van der Waals surface area (Å²) < 4.78 is 13.2. The number of nitrogens with zero attached hydrogens (tertiary/aromatic N) is 1. The summed E-state index contributed by atoms with van der Waals surface area (Å²) in [6.45, 7) is 0. The highest BCUT2D eigenvalue weighted by atomic mass is 19.1. The summed E-state index contributed by atoms with van der Waals surface area (Å²) in [7, 11) is 0. The van der Waals surface area contributed by atoms with Crippen molar-refractivity contribution >= 4 is 11.7 Å². The SMILES string of the molecule is O=C(NNc1nc(=O)[nH]cc1F)c1ccccc1. The highest BCUT2D eigenvalue weighted by Gasteiger charge is 2.07. The Morgan fingerprint density at radius 2 is 2.00 bits per heavy atom. The molecule has 0 bridgehead atoms. The Morgan fingerprint density at radius 1 is 1.28 bits per heavy atom. The number of halogens is 1. The summed E-state index contributed by atoms with van der Waals surface area (Å²) in [4.78, 5) is 27.9. The molecule has 0 spiro atoms. The number of nitrogens with one attached hydrogen (secondary N) is 3. The number of rotatable bonds is 3. The van der Waals surface area contributed by atoms with Crippen molar-refractivity contribution in [2.45, 2.75) is 0 Å². The molecule has 18 heavy (non-hydrogen) atoms. The van der Waals surface area contributed by atoms with E-state index in [1.54, 1.807) is 30.3 Å². The lowest BCUT2D eigenvalue weighted by Crippen LogP contribution is -2.31. The Labute approximate surface area is 101 Å². The number of carbonyl (C=O) groups excluding carboxylic acids is 1. The van der Waals surface area contributed by atoms with Crippen molar-refractivity contribution in [3.63, 3.8) is 0 Å². The van der Waals surface area contributed by atoms with E-state index in [0.717, 1.165) is 6.20 Å². The molecule has 0 fully saturated rings. The molecule has 0 aliphatic heterocycles. The number of benzene rings is 1. The average Bonchev–Trinajstić information content (AvgIpc) is 2.40. The summed E-state index contributed by atoms with van der Waals surface area (Å²) in [5, 5.41) is 0. The second-order valence-electron chi connectivity index (χ2n) is 3.35. The minimum absolute atomic E-state index is 0.344. The number of hydrogen-bond donors (Lipinski definition) is 3. The number of anilines is 1. The number of H-pyrrole nitrogens is 1. The maximum Gasteiger partial charge on any atom is 0.347 e. The molecule has 0 aliphatic rings. The fourth-order valence-electron chi connectivity index (χ4n) is 1.25. The molecule has 0 aliphatic carbocycles. The summed E-state index contributed by atoms with van der Waals surface area (Å²) in [6.07, 6.45) is 0.854. The van der Waals surface area contributed by atoms with Gasteiger partial charge in [0, 0.05) is 11.8 Å². The Balaban J connectivity index is 2.06. The van der Waals surface area contributed by atoms with Gasteiger partial charge in [-0.15, -0.1) is 0 Å². The van der Waals surface area contributed by atoms with Crippen molar-refractivity contribution in [3.8, 4) is 0 Å². The molecule has 0 radical (unpaired) electrons. The summed E-state index contributed by atoms with van der Waals surface area (Å²) in [5.41, 5.74) is 4.17. The molecule has 2 aromatic rings. The van der Waals surface area contributed by atoms with Gasteiger partial charge in [0.15, 0.2) is 11.6 Å². The van der Waals surface area contributed by atoms with E-state index < -0.39 is 17.4 Å². The summed E-state index contributed by atoms with van der Waals surface area (Å²) in [6, 6.07) is 8.35. The third-order valence-electron chi connectivity index (χ3n) is 2.09. The molecule has 1 aromatic heterocycles. The molecular weight excluding hydrogens is 239 g/mol. The maximum absolute atomic E-state index is 13.2. The van der Waals surface area contributed by atoms with E-state index in [9.17, 15) is 14.0 Å². The van der Waals surface area contributed by atoms with Crippen molar-refractivity contribution < 1.29 is 9.18 Å². The van der Waals surface area contributed by atoms with Gasteiger partial charge >= 0.3 is 5.69 Å². The molecule has 2 rings (SSSR count). The molecule has 7 heteroatoms. The van der Waals surface area contributed by atoms with E-state index in [1.807, 2.05) is 0 Å². The van der Waals surface area contributed by atoms with Crippen LogP contribution in [0.5, 0.6) is 0 Å². The number of hydrogen-bond acceptors (Lipinski definition) is 4. The molecule has 1 amide bonds. The van der Waals surface area contributed by atoms with Crippen molar-refractivity contribution in [2.24, 2.45) is 0 Å². The Kier molecular flexibility index (Phi) is 3.33. The quantitative estimate of drug-likeness (QED) is 0.696. The van der Waals surface area contributed by atoms with E-state index in [-0.39, 0.29) is 5.82 Å². The zero-order chi connectivity index (χ0) is 13.0. The van der Waals surface area contributed by atoms with Crippen LogP contribution in [-0.4, -0.2) is 15.9 Å². The zero-order valence-corrected chi connectivity index (χ0v) is 9.11. The smallest absolute Gasteiger partial charge is 0.310 e. The van der Waals surface area contributed by atoms with Crippen LogP contribution < -0.4 is 16.5 Å². The number of aromatic nitrogens is 2. The molecule has 1 heterocycles. The lowest BCUT2D eigenvalue weighted by Gasteiger charge is -2.07. The van der Waals surface area contributed by atoms with Crippen LogP contribution in [0.25, 0.3) is 0 Å². The van der Waals surface area contributed by atoms with Crippen LogP contribution in [0.1, 0.15) is 10.4 Å². The molecule has 0 saturated heterocycles. The van der Waals surface area contributed by atoms with Crippen LogP contribution in [-0.2, 0) is 0 Å². The monoisotopic (exact) mass is 248 g/mol. The van der Waals surface area contributed by atoms with Crippen LogP contribution >= 0.6 is 0 Å². The second kappa shape index (κ2) is 5.09. The first-order valence-electron chi connectivity index (χ1n) is 5.03. The Hall–Kier alpha value is -2.70. The number of carbonyl (C=O) groups is 1. The first kappa shape index (κ1) is 11.8. The normalized spacial score (nSPS) is 9.83. The summed E-state index contributed by atoms with van der Waals surface area (Å²) >= 11 is 0. The minimum Gasteiger partial charge on any atom is -0.310 e. The van der Waals surface area contributed by atoms with E-state index in [0.29, 0.717) is 5.56 Å². The van der Waals surface area contributed by atoms with E-state index >= 15 is 0 Å². The summed E-state index contributed by atoms with van der Waals surface area (Å²) in [5.74, 6) is -1.58. The largest absolute Gasteiger partial charge is 0.347 e. The van der Waals surface area contributed by atoms with Gasteiger partial charge in [0.25, 0.3) is 5.91 Å². The molecule has 92 valence electrons. The fourth-order valence-corrected chi connectivity index (χ4v) is 1.25. The molecule has 6 nitrogen and oxygen atoms in total. The van der Waals surface area contributed by atoms with Crippen molar-refractivity contribution in [2.75, 3.05) is 5.43 Å². The van der Waals surface area contributed by atoms with Gasteiger partial charge in [0.05, 0.1) is 0 Å². The van der Waals surface area contributed by atoms with E-state index in [4.69, 9.17) is 0 Å². The van der Waals surface area contributed by atoms with Gasteiger partial charge in [-0.1, -0.05) is 18.2 Å². The fraction of sp³-hybridized carbons (Fsp3) is 0. The van der Waals surface area contributed by atoms with Gasteiger partial charge < -0.3 is 4.98 Å². The van der Waals surface area contributed by atoms with Crippen LogP contribution in [0.4, 0.5) is 10.2 Å². The topological polar surface area (TPSA) is 86.9 Å². The Bertz CT molecular complexity index is 612. The van der Waals surface area contributed by atoms with Crippen LogP contribution in [0.15, 0.2) is 41.3 Å². The number of hydrazine groups is 1. The number of amides is 1. The average molecular weight is 248 g/mol. The third-order valence-corrected chi connectivity index (χ3v) is 2.09. The van der Waals surface area contributed by atoms with Gasteiger partial charge in [0.1, 0.15) is 0 Å². The molecule has 0 atom stereocenters. The predicted octanol–water partition coefficient (Wildman–Crippen LogP) is 0.666. The Morgan fingerprint density at radius 3 is 2.72 bits per heavy atom. The standard InChI is InChI=1S/C11H9FN4O2/c12-8-6-13-11(18)14-9(8)15-16-10(17)7-4-2-1-3-5-7/h1-6H,(H,16,17)(H2,13,14,15,18). The van der Waals surface area contributed by atoms with Crippen LogP contribution in [0, 0.1) is 5.82 Å². The molecule has 1 aromatic carbocycles. The van der Waals surface area contributed by atoms with Gasteiger partial charge in [-0.2, -0.15) is 4.98 Å². The van der Waals surface area contributed by atoms with Crippen molar-refractivity contribution in [1.82, 2.24) is 15.4 Å². The first-order valence-corrected chi connectivity index (χ1v) is 5.03. The highest BCUT2D eigenvalue weighted by molar-refractivity contribution is 5.94. The van der Waals surface area contributed by atoms with Gasteiger partial charge in [-0.25, -0.2) is 9.18 Å². The third kappa shape index (κ3) is 2.70. The molecular formula is C11H9FN4O2. The highest BCUT2D eigenvalue weighted by Crippen LogP contribution is 2.04. The lowest BCUT2D eigenvalue weighted by molar-refractivity contribution is 0.0962. The van der Waals surface area contributed by atoms with Crippen LogP contribution in [0.2, 0.25) is 0 Å². The zero-order valence-electron chi connectivity index (χ0n) is 9.11. The second-order valence-corrected chi connectivity index (χ2v) is 3.35. The van der Waals surface area contributed by atoms with Gasteiger partial charge in [-0.3, -0.25) is 15.6 Å². The van der Waals surface area contributed by atoms with Crippen molar-refractivity contribution in [1.29, 1.82) is 0 Å². The molecule has 0 unspecified atom stereocenters. The predicted molar refractivity (Wildman–Crippen MR) is 62.3 cm³/mol. The molecule has 3 N–H and O–H groups in total. The maximum atomic E-state index is 13.2. The molecule has 0 saturated carbocycles. The van der Waals surface area contributed by atoms with E-state index in [2.05, 4.69) is 20.8 Å². The lowest BCUT2D eigenvalue weighted by atomic mass is 10.2.